The maximum atomic E-state index is 12.1. The summed E-state index contributed by atoms with van der Waals surface area (Å²) >= 11 is 0. The number of piperazine rings is 1. The zero-order chi connectivity index (χ0) is 13.7. The fourth-order valence-electron chi connectivity index (χ4n) is 2.43. The molecule has 1 saturated heterocycles. The highest BCUT2D eigenvalue weighted by Crippen LogP contribution is 2.11. The van der Waals surface area contributed by atoms with Crippen LogP contribution in [-0.2, 0) is 0 Å². The number of rotatable bonds is 5. The molecule has 4 nitrogen and oxygen atoms in total. The molecule has 0 saturated carbocycles. The van der Waals surface area contributed by atoms with E-state index in [1.807, 2.05) is 0 Å². The van der Waals surface area contributed by atoms with E-state index in [-0.39, 0.29) is 11.5 Å². The van der Waals surface area contributed by atoms with Gasteiger partial charge in [-0.2, -0.15) is 0 Å². The molecule has 1 fully saturated rings. The third-order valence-corrected chi connectivity index (χ3v) is 3.56. The third-order valence-electron chi connectivity index (χ3n) is 3.56. The van der Waals surface area contributed by atoms with Crippen molar-refractivity contribution in [3.63, 3.8) is 0 Å². The fraction of sp³-hybridized carbons (Fsp3) is 0.533. The smallest absolute Gasteiger partial charge is 0.176 e. The molecule has 19 heavy (non-hydrogen) atoms. The van der Waals surface area contributed by atoms with Gasteiger partial charge in [-0.3, -0.25) is 9.69 Å². The minimum atomic E-state index is 0.129. The summed E-state index contributed by atoms with van der Waals surface area (Å²) in [7, 11) is 0. The van der Waals surface area contributed by atoms with Crippen molar-refractivity contribution < 1.29 is 9.90 Å². The second-order valence-corrected chi connectivity index (χ2v) is 5.09. The highest BCUT2D eigenvalue weighted by atomic mass is 16.3. The van der Waals surface area contributed by atoms with Gasteiger partial charge in [0.15, 0.2) is 5.78 Å². The van der Waals surface area contributed by atoms with E-state index in [0.717, 1.165) is 32.7 Å². The van der Waals surface area contributed by atoms with Gasteiger partial charge in [-0.1, -0.05) is 6.92 Å². The standard InChI is InChI=1S/C15H22N2O2/c1-2-7-16-8-10-17(11-9-16)12-15(19)13-3-5-14(18)6-4-13/h3-6,18H,2,7-12H2,1H3. The maximum Gasteiger partial charge on any atom is 0.176 e. The van der Waals surface area contributed by atoms with Gasteiger partial charge in [-0.15, -0.1) is 0 Å². The summed E-state index contributed by atoms with van der Waals surface area (Å²) < 4.78 is 0. The molecule has 0 bridgehead atoms. The van der Waals surface area contributed by atoms with Crippen molar-refractivity contribution >= 4 is 5.78 Å². The van der Waals surface area contributed by atoms with Crippen molar-refractivity contribution in [1.82, 2.24) is 9.80 Å². The Kier molecular flexibility index (Phi) is 4.93. The highest BCUT2D eigenvalue weighted by Gasteiger charge is 2.18. The summed E-state index contributed by atoms with van der Waals surface area (Å²) in [6.45, 7) is 7.85. The Labute approximate surface area is 114 Å². The van der Waals surface area contributed by atoms with Crippen molar-refractivity contribution in [2.45, 2.75) is 13.3 Å². The lowest BCUT2D eigenvalue weighted by Gasteiger charge is -2.34. The molecular formula is C15H22N2O2. The Balaban J connectivity index is 1.82. The van der Waals surface area contributed by atoms with Crippen molar-refractivity contribution in [2.24, 2.45) is 0 Å². The van der Waals surface area contributed by atoms with Crippen molar-refractivity contribution in [3.05, 3.63) is 29.8 Å². The van der Waals surface area contributed by atoms with E-state index >= 15 is 0 Å². The molecule has 0 atom stereocenters. The van der Waals surface area contributed by atoms with E-state index < -0.39 is 0 Å². The largest absolute Gasteiger partial charge is 0.508 e. The SMILES string of the molecule is CCCN1CCN(CC(=O)c2ccc(O)cc2)CC1. The van der Waals surface area contributed by atoms with Crippen LogP contribution >= 0.6 is 0 Å². The molecule has 0 aromatic heterocycles. The molecule has 1 aromatic rings. The lowest BCUT2D eigenvalue weighted by molar-refractivity contribution is 0.0853. The summed E-state index contributed by atoms with van der Waals surface area (Å²) in [4.78, 5) is 16.8. The van der Waals surface area contributed by atoms with E-state index in [9.17, 15) is 9.90 Å². The molecule has 1 aliphatic heterocycles. The van der Waals surface area contributed by atoms with Crippen molar-refractivity contribution in [1.29, 1.82) is 0 Å². The molecule has 1 aromatic carbocycles. The van der Waals surface area contributed by atoms with E-state index in [1.54, 1.807) is 24.3 Å². The molecule has 1 aliphatic rings. The summed E-state index contributed by atoms with van der Waals surface area (Å²) in [5, 5.41) is 9.21. The van der Waals surface area contributed by atoms with Gasteiger partial charge in [0.25, 0.3) is 0 Å². The number of ketones is 1. The van der Waals surface area contributed by atoms with E-state index in [0.29, 0.717) is 12.1 Å². The van der Waals surface area contributed by atoms with Gasteiger partial charge in [0.05, 0.1) is 6.54 Å². The Morgan fingerprint density at radius 2 is 1.68 bits per heavy atom. The summed E-state index contributed by atoms with van der Waals surface area (Å²) in [5.74, 6) is 0.327. The normalized spacial score (nSPS) is 17.5. The van der Waals surface area contributed by atoms with Crippen LogP contribution < -0.4 is 0 Å². The molecular weight excluding hydrogens is 240 g/mol. The van der Waals surface area contributed by atoms with Crippen LogP contribution in [0.2, 0.25) is 0 Å². The van der Waals surface area contributed by atoms with E-state index in [1.165, 1.54) is 6.42 Å². The zero-order valence-corrected chi connectivity index (χ0v) is 11.5. The number of Topliss-reactive ketones (excluding diaryl/α,β-unsaturated/α-hetero) is 1. The van der Waals surface area contributed by atoms with Gasteiger partial charge in [-0.05, 0) is 37.2 Å². The summed E-state index contributed by atoms with van der Waals surface area (Å²) in [6, 6.07) is 6.49. The van der Waals surface area contributed by atoms with Crippen LogP contribution in [0.1, 0.15) is 23.7 Å². The number of hydrogen-bond acceptors (Lipinski definition) is 4. The number of carbonyl (C=O) groups is 1. The fourth-order valence-corrected chi connectivity index (χ4v) is 2.43. The van der Waals surface area contributed by atoms with E-state index in [4.69, 9.17) is 0 Å². The van der Waals surface area contributed by atoms with Gasteiger partial charge in [0.1, 0.15) is 5.75 Å². The van der Waals surface area contributed by atoms with Crippen LogP contribution in [0, 0.1) is 0 Å². The first kappa shape index (κ1) is 14.0. The molecule has 0 aliphatic carbocycles. The van der Waals surface area contributed by atoms with Crippen LogP contribution in [0.4, 0.5) is 0 Å². The zero-order valence-electron chi connectivity index (χ0n) is 11.5. The maximum absolute atomic E-state index is 12.1. The molecule has 0 radical (unpaired) electrons. The van der Waals surface area contributed by atoms with Gasteiger partial charge >= 0.3 is 0 Å². The van der Waals surface area contributed by atoms with Crippen LogP contribution in [-0.4, -0.2) is 60.0 Å². The highest BCUT2D eigenvalue weighted by molar-refractivity contribution is 5.97. The first-order valence-corrected chi connectivity index (χ1v) is 6.96. The molecule has 1 N–H and O–H groups in total. The summed E-state index contributed by atoms with van der Waals surface area (Å²) in [6.07, 6.45) is 1.19. The molecule has 0 spiro atoms. The predicted octanol–water partition coefficient (Wildman–Crippen LogP) is 1.60. The first-order valence-electron chi connectivity index (χ1n) is 6.96. The molecule has 0 amide bonds. The van der Waals surface area contributed by atoms with Crippen molar-refractivity contribution in [2.75, 3.05) is 39.3 Å². The number of phenols is 1. The topological polar surface area (TPSA) is 43.8 Å². The van der Waals surface area contributed by atoms with Crippen LogP contribution in [0.15, 0.2) is 24.3 Å². The lowest BCUT2D eigenvalue weighted by Crippen LogP contribution is -2.47. The molecule has 0 unspecified atom stereocenters. The van der Waals surface area contributed by atoms with Crippen LogP contribution in [0.3, 0.4) is 0 Å². The number of nitrogens with zero attached hydrogens (tertiary/aromatic N) is 2. The number of aromatic hydroxyl groups is 1. The quantitative estimate of drug-likeness (QED) is 0.819. The second-order valence-electron chi connectivity index (χ2n) is 5.09. The number of benzene rings is 1. The average molecular weight is 262 g/mol. The molecule has 1 heterocycles. The van der Waals surface area contributed by atoms with Gasteiger partial charge in [0.2, 0.25) is 0 Å². The number of hydrogen-bond donors (Lipinski definition) is 1. The van der Waals surface area contributed by atoms with E-state index in [2.05, 4.69) is 16.7 Å². The second kappa shape index (κ2) is 6.68. The minimum Gasteiger partial charge on any atom is -0.508 e. The first-order chi connectivity index (χ1) is 9.19. The minimum absolute atomic E-state index is 0.129. The Morgan fingerprint density at radius 3 is 2.26 bits per heavy atom. The van der Waals surface area contributed by atoms with Crippen molar-refractivity contribution in [3.8, 4) is 5.75 Å². The average Bonchev–Trinajstić information content (AvgIpc) is 2.42. The Hall–Kier alpha value is -1.39. The monoisotopic (exact) mass is 262 g/mol. The lowest BCUT2D eigenvalue weighted by atomic mass is 10.1. The molecule has 4 heteroatoms. The molecule has 2 rings (SSSR count). The number of phenolic OH excluding ortho intramolecular Hbond substituents is 1. The van der Waals surface area contributed by atoms with Gasteiger partial charge < -0.3 is 10.0 Å². The Morgan fingerprint density at radius 1 is 1.11 bits per heavy atom. The summed E-state index contributed by atoms with van der Waals surface area (Å²) in [5.41, 5.74) is 0.675. The van der Waals surface area contributed by atoms with Gasteiger partial charge in [0, 0.05) is 31.7 Å². The predicted molar refractivity (Wildman–Crippen MR) is 75.6 cm³/mol. The Bertz CT molecular complexity index is 409. The van der Waals surface area contributed by atoms with Gasteiger partial charge in [-0.25, -0.2) is 0 Å². The molecule has 104 valence electrons. The van der Waals surface area contributed by atoms with Crippen LogP contribution in [0.25, 0.3) is 0 Å². The van der Waals surface area contributed by atoms with Crippen LogP contribution in [0.5, 0.6) is 5.75 Å². The third kappa shape index (κ3) is 4.04. The number of carbonyl (C=O) groups excluding carboxylic acids is 1.